The van der Waals surface area contributed by atoms with Crippen molar-refractivity contribution < 1.29 is 19.1 Å². The summed E-state index contributed by atoms with van der Waals surface area (Å²) in [4.78, 5) is 25.3. The highest BCUT2D eigenvalue weighted by Crippen LogP contribution is 2.35. The molecule has 0 aliphatic rings. The van der Waals surface area contributed by atoms with E-state index in [0.29, 0.717) is 15.9 Å². The van der Waals surface area contributed by atoms with Crippen LogP contribution in [0.25, 0.3) is 33.2 Å². The number of fused-ring (bicyclic) bond motifs is 2. The number of benzene rings is 3. The van der Waals surface area contributed by atoms with Gasteiger partial charge in [-0.05, 0) is 64.8 Å². The Morgan fingerprint density at radius 3 is 1.68 bits per heavy atom. The molecule has 7 heteroatoms. The molecule has 170 valence electrons. The van der Waals surface area contributed by atoms with Crippen molar-refractivity contribution in [3.05, 3.63) is 94.2 Å². The van der Waals surface area contributed by atoms with E-state index in [4.69, 9.17) is 9.47 Å². The monoisotopic (exact) mass is 516 g/mol. The SMILES string of the molecule is COC(=O)c1c(C)c2ccccc2n1-c1ccc(-n2c(C(=O)OC)c(Br)c3ccccc32)cc1. The Bertz CT molecular complexity index is 1460. The zero-order valence-electron chi connectivity index (χ0n) is 18.8. The Hall–Kier alpha value is -3.84. The molecule has 0 aliphatic carbocycles. The third-order valence-electron chi connectivity index (χ3n) is 6.06. The van der Waals surface area contributed by atoms with E-state index in [2.05, 4.69) is 15.9 Å². The summed E-state index contributed by atoms with van der Waals surface area (Å²) in [6.07, 6.45) is 0. The molecule has 6 nitrogen and oxygen atoms in total. The molecule has 34 heavy (non-hydrogen) atoms. The molecular weight excluding hydrogens is 496 g/mol. The number of halogens is 1. The van der Waals surface area contributed by atoms with Gasteiger partial charge in [0.05, 0.1) is 29.7 Å². The van der Waals surface area contributed by atoms with Crippen molar-refractivity contribution in [3.63, 3.8) is 0 Å². The zero-order valence-corrected chi connectivity index (χ0v) is 20.4. The molecule has 2 aromatic heterocycles. The van der Waals surface area contributed by atoms with E-state index in [0.717, 1.165) is 38.7 Å². The van der Waals surface area contributed by atoms with Crippen molar-refractivity contribution in [3.8, 4) is 11.4 Å². The van der Waals surface area contributed by atoms with Gasteiger partial charge in [-0.2, -0.15) is 0 Å². The van der Waals surface area contributed by atoms with E-state index < -0.39 is 11.9 Å². The molecule has 0 radical (unpaired) electrons. The lowest BCUT2D eigenvalue weighted by Gasteiger charge is -2.13. The predicted octanol–water partition coefficient (Wildman–Crippen LogP) is 6.22. The summed E-state index contributed by atoms with van der Waals surface area (Å²) in [5.74, 6) is -0.835. The highest BCUT2D eigenvalue weighted by atomic mass is 79.9. The molecule has 0 saturated heterocycles. The van der Waals surface area contributed by atoms with Gasteiger partial charge in [0.1, 0.15) is 11.4 Å². The van der Waals surface area contributed by atoms with Gasteiger partial charge in [-0.3, -0.25) is 0 Å². The van der Waals surface area contributed by atoms with E-state index in [-0.39, 0.29) is 0 Å². The number of para-hydroxylation sites is 2. The number of nitrogens with zero attached hydrogens (tertiary/aromatic N) is 2. The first-order valence-corrected chi connectivity index (χ1v) is 11.4. The van der Waals surface area contributed by atoms with E-state index >= 15 is 0 Å². The number of hydrogen-bond donors (Lipinski definition) is 0. The van der Waals surface area contributed by atoms with Crippen molar-refractivity contribution in [1.29, 1.82) is 0 Å². The number of esters is 2. The maximum atomic E-state index is 12.7. The number of aromatic nitrogens is 2. The summed E-state index contributed by atoms with van der Waals surface area (Å²) in [7, 11) is 2.75. The van der Waals surface area contributed by atoms with Gasteiger partial charge in [0.2, 0.25) is 0 Å². The second kappa shape index (κ2) is 8.50. The summed E-state index contributed by atoms with van der Waals surface area (Å²) in [5, 5.41) is 1.90. The highest BCUT2D eigenvalue weighted by Gasteiger charge is 2.24. The van der Waals surface area contributed by atoms with Crippen LogP contribution in [0.1, 0.15) is 26.5 Å². The smallest absolute Gasteiger partial charge is 0.356 e. The van der Waals surface area contributed by atoms with Crippen LogP contribution in [0, 0.1) is 6.92 Å². The quantitative estimate of drug-likeness (QED) is 0.266. The second-order valence-corrected chi connectivity index (χ2v) is 8.63. The fraction of sp³-hybridized carbons (Fsp3) is 0.111. The molecule has 3 aromatic carbocycles. The summed E-state index contributed by atoms with van der Waals surface area (Å²) in [5.41, 5.74) is 5.15. The van der Waals surface area contributed by atoms with Crippen LogP contribution in [0.3, 0.4) is 0 Å². The number of rotatable bonds is 4. The molecule has 0 bridgehead atoms. The number of carbonyl (C=O) groups is 2. The minimum Gasteiger partial charge on any atom is -0.464 e. The lowest BCUT2D eigenvalue weighted by molar-refractivity contribution is 0.0582. The fourth-order valence-electron chi connectivity index (χ4n) is 4.51. The van der Waals surface area contributed by atoms with E-state index in [1.54, 1.807) is 0 Å². The normalized spacial score (nSPS) is 11.2. The van der Waals surface area contributed by atoms with Gasteiger partial charge in [0, 0.05) is 22.1 Å². The van der Waals surface area contributed by atoms with Crippen LogP contribution in [-0.4, -0.2) is 35.3 Å². The summed E-state index contributed by atoms with van der Waals surface area (Å²) >= 11 is 3.58. The van der Waals surface area contributed by atoms with Crippen molar-refractivity contribution in [2.45, 2.75) is 6.92 Å². The number of hydrogen-bond acceptors (Lipinski definition) is 4. The average Bonchev–Trinajstić information content (AvgIpc) is 3.35. The van der Waals surface area contributed by atoms with Gasteiger partial charge in [0.25, 0.3) is 0 Å². The minimum absolute atomic E-state index is 0.397. The number of aryl methyl sites for hydroxylation is 1. The molecule has 0 aliphatic heterocycles. The summed E-state index contributed by atoms with van der Waals surface area (Å²) in [6.45, 7) is 1.92. The van der Waals surface area contributed by atoms with Crippen LogP contribution in [0.5, 0.6) is 0 Å². The standard InChI is InChI=1S/C27H21BrN2O4/c1-16-19-8-4-6-10-21(19)29(24(16)26(31)33-2)17-12-14-18(15-13-17)30-22-11-7-5-9-20(22)23(28)25(30)27(32)34-3/h4-15H,1-3H3. The average molecular weight is 517 g/mol. The van der Waals surface area contributed by atoms with Gasteiger partial charge in [-0.1, -0.05) is 36.4 Å². The summed E-state index contributed by atoms with van der Waals surface area (Å²) < 4.78 is 14.6. The van der Waals surface area contributed by atoms with Crippen molar-refractivity contribution in [1.82, 2.24) is 9.13 Å². The molecule has 0 amide bonds. The zero-order chi connectivity index (χ0) is 24.0. The van der Waals surface area contributed by atoms with Crippen LogP contribution < -0.4 is 0 Å². The van der Waals surface area contributed by atoms with Crippen LogP contribution in [0.2, 0.25) is 0 Å². The topological polar surface area (TPSA) is 62.5 Å². The number of ether oxygens (including phenoxy) is 2. The lowest BCUT2D eigenvalue weighted by Crippen LogP contribution is -2.11. The van der Waals surface area contributed by atoms with Gasteiger partial charge >= 0.3 is 11.9 Å². The van der Waals surface area contributed by atoms with Gasteiger partial charge < -0.3 is 18.6 Å². The lowest BCUT2D eigenvalue weighted by atomic mass is 10.1. The summed E-state index contributed by atoms with van der Waals surface area (Å²) in [6, 6.07) is 23.3. The minimum atomic E-state index is -0.438. The van der Waals surface area contributed by atoms with Crippen molar-refractivity contribution in [2.75, 3.05) is 14.2 Å². The molecular formula is C27H21BrN2O4. The largest absolute Gasteiger partial charge is 0.464 e. The van der Waals surface area contributed by atoms with Crippen molar-refractivity contribution >= 4 is 49.7 Å². The van der Waals surface area contributed by atoms with E-state index in [9.17, 15) is 9.59 Å². The fourth-order valence-corrected chi connectivity index (χ4v) is 5.18. The molecule has 2 heterocycles. The molecule has 0 fully saturated rings. The maximum absolute atomic E-state index is 12.7. The van der Waals surface area contributed by atoms with Crippen LogP contribution in [0.15, 0.2) is 77.3 Å². The van der Waals surface area contributed by atoms with Gasteiger partial charge in [-0.15, -0.1) is 0 Å². The Balaban J connectivity index is 1.72. The molecule has 0 N–H and O–H groups in total. The molecule has 5 rings (SSSR count). The molecule has 0 spiro atoms. The van der Waals surface area contributed by atoms with E-state index in [1.165, 1.54) is 14.2 Å². The molecule has 0 unspecified atom stereocenters. The molecule has 5 aromatic rings. The first kappa shape index (κ1) is 22.0. The molecule has 0 saturated carbocycles. The third-order valence-corrected chi connectivity index (χ3v) is 6.87. The highest BCUT2D eigenvalue weighted by molar-refractivity contribution is 9.10. The first-order valence-electron chi connectivity index (χ1n) is 10.6. The number of carbonyl (C=O) groups excluding carboxylic acids is 2. The van der Waals surface area contributed by atoms with Gasteiger partial charge in [-0.25, -0.2) is 9.59 Å². The number of methoxy groups -OCH3 is 2. The third kappa shape index (κ3) is 3.23. The van der Waals surface area contributed by atoms with Crippen LogP contribution in [-0.2, 0) is 9.47 Å². The second-order valence-electron chi connectivity index (χ2n) is 7.84. The Kier molecular flexibility index (Phi) is 5.49. The van der Waals surface area contributed by atoms with Crippen molar-refractivity contribution in [2.24, 2.45) is 0 Å². The van der Waals surface area contributed by atoms with E-state index in [1.807, 2.05) is 88.9 Å². The molecule has 0 atom stereocenters. The maximum Gasteiger partial charge on any atom is 0.356 e. The first-order chi connectivity index (χ1) is 16.5. The predicted molar refractivity (Wildman–Crippen MR) is 135 cm³/mol. The van der Waals surface area contributed by atoms with Gasteiger partial charge in [0.15, 0.2) is 0 Å². The van der Waals surface area contributed by atoms with Crippen LogP contribution in [0.4, 0.5) is 0 Å². The Labute approximate surface area is 204 Å². The Morgan fingerprint density at radius 1 is 0.676 bits per heavy atom. The van der Waals surface area contributed by atoms with Crippen LogP contribution >= 0.6 is 15.9 Å². The Morgan fingerprint density at radius 2 is 1.12 bits per heavy atom.